The molecule has 2 aromatic heterocycles. The molecule has 7 heteroatoms. The molecule has 7 nitrogen and oxygen atoms in total. The van der Waals surface area contributed by atoms with Crippen molar-refractivity contribution in [2.45, 2.75) is 0 Å². The molecule has 3 heterocycles. The van der Waals surface area contributed by atoms with Crippen LogP contribution in [0, 0.1) is 0 Å². The zero-order valence-corrected chi connectivity index (χ0v) is 8.56. The molecular formula is C9H11N5O2. The van der Waals surface area contributed by atoms with Crippen molar-refractivity contribution in [3.05, 3.63) is 16.7 Å². The van der Waals surface area contributed by atoms with Gasteiger partial charge in [-0.05, 0) is 0 Å². The number of aromatic nitrogens is 4. The second-order valence-electron chi connectivity index (χ2n) is 3.62. The number of morpholine rings is 1. The van der Waals surface area contributed by atoms with Gasteiger partial charge in [-0.2, -0.15) is 10.1 Å². The van der Waals surface area contributed by atoms with Crippen molar-refractivity contribution in [2.75, 3.05) is 31.2 Å². The lowest BCUT2D eigenvalue weighted by Crippen LogP contribution is -2.37. The molecule has 0 aromatic carbocycles. The Morgan fingerprint density at radius 2 is 2.19 bits per heavy atom. The van der Waals surface area contributed by atoms with Gasteiger partial charge in [-0.1, -0.05) is 0 Å². The van der Waals surface area contributed by atoms with Crippen molar-refractivity contribution in [2.24, 2.45) is 0 Å². The third-order valence-electron chi connectivity index (χ3n) is 2.63. The van der Waals surface area contributed by atoms with Gasteiger partial charge in [0.2, 0.25) is 0 Å². The summed E-state index contributed by atoms with van der Waals surface area (Å²) in [7, 11) is 0. The third kappa shape index (κ3) is 1.45. The molecule has 16 heavy (non-hydrogen) atoms. The fraction of sp³-hybridized carbons (Fsp3) is 0.444. The van der Waals surface area contributed by atoms with Crippen LogP contribution in [0.2, 0.25) is 0 Å². The third-order valence-corrected chi connectivity index (χ3v) is 2.63. The smallest absolute Gasteiger partial charge is 0.348 e. The van der Waals surface area contributed by atoms with E-state index in [-0.39, 0.29) is 5.69 Å². The molecule has 84 valence electrons. The summed E-state index contributed by atoms with van der Waals surface area (Å²) in [6.45, 7) is 2.81. The van der Waals surface area contributed by atoms with E-state index in [0.29, 0.717) is 24.7 Å². The number of anilines is 1. The summed E-state index contributed by atoms with van der Waals surface area (Å²) in [6.07, 6.45) is 1.67. The number of H-pyrrole nitrogens is 2. The van der Waals surface area contributed by atoms with E-state index in [1.54, 1.807) is 6.20 Å². The van der Waals surface area contributed by atoms with E-state index < -0.39 is 0 Å². The Kier molecular flexibility index (Phi) is 2.10. The molecule has 2 aromatic rings. The maximum Gasteiger partial charge on any atom is 0.348 e. The van der Waals surface area contributed by atoms with Gasteiger partial charge < -0.3 is 9.64 Å². The van der Waals surface area contributed by atoms with Gasteiger partial charge in [0.25, 0.3) is 0 Å². The maximum atomic E-state index is 11.4. The highest BCUT2D eigenvalue weighted by Gasteiger charge is 2.16. The molecule has 0 aliphatic carbocycles. The summed E-state index contributed by atoms with van der Waals surface area (Å²) in [4.78, 5) is 20.0. The molecule has 2 N–H and O–H groups in total. The summed E-state index contributed by atoms with van der Waals surface area (Å²) in [6, 6.07) is 0. The van der Waals surface area contributed by atoms with Gasteiger partial charge >= 0.3 is 5.69 Å². The first-order valence-electron chi connectivity index (χ1n) is 5.11. The van der Waals surface area contributed by atoms with Gasteiger partial charge in [0.15, 0.2) is 0 Å². The van der Waals surface area contributed by atoms with Crippen LogP contribution in [0.3, 0.4) is 0 Å². The highest BCUT2D eigenvalue weighted by atomic mass is 16.5. The first-order chi connectivity index (χ1) is 7.84. The average Bonchev–Trinajstić information content (AvgIpc) is 2.77. The normalized spacial score (nSPS) is 16.9. The van der Waals surface area contributed by atoms with Crippen LogP contribution in [0.1, 0.15) is 0 Å². The highest BCUT2D eigenvalue weighted by Crippen LogP contribution is 2.20. The van der Waals surface area contributed by atoms with Crippen LogP contribution < -0.4 is 10.6 Å². The number of ether oxygens (including phenoxy) is 1. The Balaban J connectivity index is 2.13. The van der Waals surface area contributed by atoms with Crippen LogP contribution in [0.25, 0.3) is 11.0 Å². The minimum Gasteiger partial charge on any atom is -0.378 e. The number of hydrogen-bond acceptors (Lipinski definition) is 5. The molecule has 0 unspecified atom stereocenters. The van der Waals surface area contributed by atoms with Crippen molar-refractivity contribution in [1.82, 2.24) is 20.2 Å². The molecular weight excluding hydrogens is 210 g/mol. The Morgan fingerprint density at radius 3 is 3.00 bits per heavy atom. The van der Waals surface area contributed by atoms with E-state index in [4.69, 9.17) is 4.74 Å². The predicted molar refractivity (Wildman–Crippen MR) is 57.5 cm³/mol. The first kappa shape index (κ1) is 9.34. The maximum absolute atomic E-state index is 11.4. The molecule has 0 saturated carbocycles. The van der Waals surface area contributed by atoms with E-state index in [0.717, 1.165) is 18.5 Å². The molecule has 0 atom stereocenters. The molecule has 0 amide bonds. The molecule has 0 radical (unpaired) electrons. The van der Waals surface area contributed by atoms with Gasteiger partial charge in [0, 0.05) is 13.1 Å². The summed E-state index contributed by atoms with van der Waals surface area (Å²) >= 11 is 0. The quantitative estimate of drug-likeness (QED) is 0.676. The lowest BCUT2D eigenvalue weighted by molar-refractivity contribution is 0.122. The summed E-state index contributed by atoms with van der Waals surface area (Å²) in [5.41, 5.74) is 0.250. The Morgan fingerprint density at radius 1 is 1.38 bits per heavy atom. The van der Waals surface area contributed by atoms with Crippen molar-refractivity contribution in [3.63, 3.8) is 0 Å². The van der Waals surface area contributed by atoms with Crippen molar-refractivity contribution in [3.8, 4) is 0 Å². The van der Waals surface area contributed by atoms with E-state index >= 15 is 0 Å². The largest absolute Gasteiger partial charge is 0.378 e. The van der Waals surface area contributed by atoms with Crippen LogP contribution >= 0.6 is 0 Å². The fourth-order valence-electron chi connectivity index (χ4n) is 1.86. The number of nitrogens with one attached hydrogen (secondary N) is 2. The number of nitrogens with zero attached hydrogens (tertiary/aromatic N) is 3. The molecule has 0 spiro atoms. The van der Waals surface area contributed by atoms with Crippen molar-refractivity contribution < 1.29 is 4.74 Å². The molecule has 1 saturated heterocycles. The van der Waals surface area contributed by atoms with Gasteiger partial charge in [0.1, 0.15) is 11.5 Å². The minimum absolute atomic E-state index is 0.363. The van der Waals surface area contributed by atoms with Crippen LogP contribution in [0.4, 0.5) is 5.82 Å². The lowest BCUT2D eigenvalue weighted by Gasteiger charge is -2.27. The van der Waals surface area contributed by atoms with E-state index in [9.17, 15) is 4.79 Å². The van der Waals surface area contributed by atoms with Crippen molar-refractivity contribution >= 4 is 16.9 Å². The first-order valence-corrected chi connectivity index (χ1v) is 5.11. The predicted octanol–water partition coefficient (Wildman–Crippen LogP) is -0.517. The number of rotatable bonds is 1. The standard InChI is InChI=1S/C9H11N5O2/c15-9-11-7-6(5-10-13-7)8(12-9)14-1-3-16-4-2-14/h5H,1-4H2,(H2,10,11,12,13,15). The highest BCUT2D eigenvalue weighted by molar-refractivity contribution is 5.86. The average molecular weight is 221 g/mol. The monoisotopic (exact) mass is 221 g/mol. The second-order valence-corrected chi connectivity index (χ2v) is 3.62. The van der Waals surface area contributed by atoms with Crippen LogP contribution in [-0.2, 0) is 4.74 Å². The summed E-state index contributed by atoms with van der Waals surface area (Å²) in [5, 5.41) is 7.48. The Bertz CT molecular complexity index is 554. The molecule has 0 bridgehead atoms. The second kappa shape index (κ2) is 3.60. The number of aromatic amines is 2. The topological polar surface area (TPSA) is 86.9 Å². The van der Waals surface area contributed by atoms with E-state index in [1.165, 1.54) is 0 Å². The van der Waals surface area contributed by atoms with Gasteiger partial charge in [-0.3, -0.25) is 10.1 Å². The number of hydrogen-bond donors (Lipinski definition) is 2. The zero-order valence-electron chi connectivity index (χ0n) is 8.56. The summed E-state index contributed by atoms with van der Waals surface area (Å²) < 4.78 is 5.27. The van der Waals surface area contributed by atoms with Gasteiger partial charge in [-0.25, -0.2) is 4.79 Å². The minimum atomic E-state index is -0.363. The van der Waals surface area contributed by atoms with E-state index in [1.807, 2.05) is 4.90 Å². The molecule has 1 aliphatic heterocycles. The van der Waals surface area contributed by atoms with Gasteiger partial charge in [-0.15, -0.1) is 0 Å². The van der Waals surface area contributed by atoms with Gasteiger partial charge in [0.05, 0.1) is 24.8 Å². The van der Waals surface area contributed by atoms with Crippen molar-refractivity contribution in [1.29, 1.82) is 0 Å². The summed E-state index contributed by atoms with van der Waals surface area (Å²) in [5.74, 6) is 0.677. The Hall–Kier alpha value is -1.89. The van der Waals surface area contributed by atoms with Crippen LogP contribution in [0.15, 0.2) is 11.0 Å². The van der Waals surface area contributed by atoms with E-state index in [2.05, 4.69) is 20.2 Å². The SMILES string of the molecule is O=c1nc(N2CCOCC2)c2cn[nH]c2[nH]1. The molecule has 1 fully saturated rings. The van der Waals surface area contributed by atoms with Crippen LogP contribution in [-0.4, -0.2) is 46.5 Å². The van der Waals surface area contributed by atoms with Crippen LogP contribution in [0.5, 0.6) is 0 Å². The lowest BCUT2D eigenvalue weighted by atomic mass is 10.3. The zero-order chi connectivity index (χ0) is 11.0. The number of fused-ring (bicyclic) bond motifs is 1. The molecule has 3 rings (SSSR count). The molecule has 1 aliphatic rings. The Labute approximate surface area is 90.4 Å². The fourth-order valence-corrected chi connectivity index (χ4v) is 1.86.